The van der Waals surface area contributed by atoms with Crippen LogP contribution in [-0.4, -0.2) is 0 Å². The van der Waals surface area contributed by atoms with E-state index < -0.39 is 5.82 Å². The van der Waals surface area contributed by atoms with Crippen LogP contribution < -0.4 is 0 Å². The van der Waals surface area contributed by atoms with Gasteiger partial charge in [0.1, 0.15) is 5.82 Å². The zero-order valence-electron chi connectivity index (χ0n) is 7.92. The molecular weight excluding hydrogens is 191 g/mol. The van der Waals surface area contributed by atoms with Crippen LogP contribution in [0.5, 0.6) is 0 Å². The molecule has 1 rings (SSSR count). The van der Waals surface area contributed by atoms with Gasteiger partial charge in [0, 0.05) is 0 Å². The first kappa shape index (κ1) is 10.8. The largest absolute Gasteiger partial charge is 0.206 e. The predicted molar refractivity (Wildman–Crippen MR) is 52.8 cm³/mol. The lowest BCUT2D eigenvalue weighted by atomic mass is 10.1. The summed E-state index contributed by atoms with van der Waals surface area (Å²) in [5, 5.41) is 16.7. The zero-order chi connectivity index (χ0) is 11.1. The van der Waals surface area contributed by atoms with Gasteiger partial charge in [-0.3, -0.25) is 0 Å². The Labute approximate surface area is 87.6 Å². The third-order valence-electron chi connectivity index (χ3n) is 1.71. The van der Waals surface area contributed by atoms with E-state index >= 15 is 0 Å². The molecule has 0 heterocycles. The van der Waals surface area contributed by atoms with E-state index in [1.54, 1.807) is 6.07 Å². The fourth-order valence-corrected chi connectivity index (χ4v) is 1.04. The third-order valence-corrected chi connectivity index (χ3v) is 1.71. The van der Waals surface area contributed by atoms with Crippen molar-refractivity contribution in [3.05, 3.63) is 35.1 Å². The van der Waals surface area contributed by atoms with Crippen LogP contribution in [0.3, 0.4) is 0 Å². The van der Waals surface area contributed by atoms with Crippen LogP contribution in [0.25, 0.3) is 0 Å². The smallest absolute Gasteiger partial charge is 0.139 e. The fourth-order valence-electron chi connectivity index (χ4n) is 1.04. The molecule has 0 aliphatic heterocycles. The topological polar surface area (TPSA) is 47.6 Å². The molecule has 0 aliphatic carbocycles. The molecular formula is C12H7FN2. The Hall–Kier alpha value is -2.31. The van der Waals surface area contributed by atoms with Crippen LogP contribution in [-0.2, 0) is 6.42 Å². The second kappa shape index (κ2) is 5.43. The van der Waals surface area contributed by atoms with Crippen LogP contribution in [0, 0.1) is 40.3 Å². The van der Waals surface area contributed by atoms with Crippen molar-refractivity contribution >= 4 is 0 Å². The van der Waals surface area contributed by atoms with Gasteiger partial charge < -0.3 is 0 Å². The highest BCUT2D eigenvalue weighted by Gasteiger charge is 2.00. The van der Waals surface area contributed by atoms with Gasteiger partial charge in [0.15, 0.2) is 0 Å². The summed E-state index contributed by atoms with van der Waals surface area (Å²) in [6.45, 7) is 0. The standard InChI is InChI=1S/C12H7FN2/c13-12-9-10(6-8-15)4-5-11(12)3-1-2-7-14/h4-5,9H,2,6H2. The highest BCUT2D eigenvalue weighted by atomic mass is 19.1. The first-order chi connectivity index (χ1) is 7.27. The molecule has 0 aromatic heterocycles. The molecule has 0 N–H and O–H groups in total. The SMILES string of the molecule is N#CCC#Cc1ccc(CC#N)cc1F. The number of benzene rings is 1. The van der Waals surface area contributed by atoms with E-state index in [1.165, 1.54) is 12.1 Å². The molecule has 0 saturated heterocycles. The number of hydrogen-bond acceptors (Lipinski definition) is 2. The minimum atomic E-state index is -0.451. The average molecular weight is 198 g/mol. The Kier molecular flexibility index (Phi) is 3.90. The normalized spacial score (nSPS) is 8.20. The number of rotatable bonds is 1. The lowest BCUT2D eigenvalue weighted by Crippen LogP contribution is -1.88. The lowest BCUT2D eigenvalue weighted by molar-refractivity contribution is 0.622. The molecule has 0 unspecified atom stereocenters. The van der Waals surface area contributed by atoms with Crippen LogP contribution in [0.4, 0.5) is 4.39 Å². The summed E-state index contributed by atoms with van der Waals surface area (Å²) < 4.78 is 13.3. The highest BCUT2D eigenvalue weighted by Crippen LogP contribution is 2.09. The molecule has 0 radical (unpaired) electrons. The Balaban J connectivity index is 2.92. The molecule has 0 bridgehead atoms. The van der Waals surface area contributed by atoms with E-state index in [1.807, 2.05) is 12.1 Å². The van der Waals surface area contributed by atoms with Crippen molar-refractivity contribution in [3.63, 3.8) is 0 Å². The van der Waals surface area contributed by atoms with Gasteiger partial charge in [-0.15, -0.1) is 0 Å². The van der Waals surface area contributed by atoms with Crippen LogP contribution in [0.1, 0.15) is 17.5 Å². The van der Waals surface area contributed by atoms with Crippen molar-refractivity contribution in [2.75, 3.05) is 0 Å². The second-order valence-electron chi connectivity index (χ2n) is 2.79. The van der Waals surface area contributed by atoms with E-state index in [0.29, 0.717) is 5.56 Å². The molecule has 0 aliphatic rings. The van der Waals surface area contributed by atoms with Gasteiger partial charge in [0.05, 0.1) is 30.5 Å². The lowest BCUT2D eigenvalue weighted by Gasteiger charge is -1.97. The number of hydrogen-bond donors (Lipinski definition) is 0. The van der Waals surface area contributed by atoms with Gasteiger partial charge in [-0.2, -0.15) is 10.5 Å². The molecule has 0 atom stereocenters. The summed E-state index contributed by atoms with van der Waals surface area (Å²) in [6.07, 6.45) is 0.266. The summed E-state index contributed by atoms with van der Waals surface area (Å²) >= 11 is 0. The summed E-state index contributed by atoms with van der Waals surface area (Å²) in [7, 11) is 0. The van der Waals surface area contributed by atoms with Gasteiger partial charge in [-0.05, 0) is 17.7 Å². The molecule has 15 heavy (non-hydrogen) atoms. The van der Waals surface area contributed by atoms with Crippen LogP contribution in [0.15, 0.2) is 18.2 Å². The van der Waals surface area contributed by atoms with Crippen LogP contribution >= 0.6 is 0 Å². The van der Waals surface area contributed by atoms with Crippen molar-refractivity contribution in [1.29, 1.82) is 10.5 Å². The molecule has 0 fully saturated rings. The average Bonchev–Trinajstić information content (AvgIpc) is 2.22. The summed E-state index contributed by atoms with van der Waals surface area (Å²) in [5.41, 5.74) is 0.882. The second-order valence-corrected chi connectivity index (χ2v) is 2.79. The molecule has 1 aromatic rings. The maximum atomic E-state index is 13.3. The maximum absolute atomic E-state index is 13.3. The summed E-state index contributed by atoms with van der Waals surface area (Å²) in [6, 6.07) is 8.25. The first-order valence-corrected chi connectivity index (χ1v) is 4.29. The first-order valence-electron chi connectivity index (χ1n) is 4.29. The quantitative estimate of drug-likeness (QED) is 0.649. The van der Waals surface area contributed by atoms with E-state index in [-0.39, 0.29) is 18.4 Å². The third kappa shape index (κ3) is 3.14. The zero-order valence-corrected chi connectivity index (χ0v) is 7.92. The molecule has 72 valence electrons. The number of nitriles is 2. The van der Waals surface area contributed by atoms with Gasteiger partial charge in [0.25, 0.3) is 0 Å². The van der Waals surface area contributed by atoms with Crippen molar-refractivity contribution in [1.82, 2.24) is 0 Å². The van der Waals surface area contributed by atoms with Gasteiger partial charge in [0.2, 0.25) is 0 Å². The maximum Gasteiger partial charge on any atom is 0.139 e. The highest BCUT2D eigenvalue weighted by molar-refractivity contribution is 5.38. The molecule has 2 nitrogen and oxygen atoms in total. The summed E-state index contributed by atoms with van der Waals surface area (Å²) in [4.78, 5) is 0. The van der Waals surface area contributed by atoms with E-state index in [2.05, 4.69) is 11.8 Å². The molecule has 1 aromatic carbocycles. The Morgan fingerprint density at radius 2 is 2.00 bits per heavy atom. The minimum Gasteiger partial charge on any atom is -0.206 e. The molecule has 3 heteroatoms. The van der Waals surface area contributed by atoms with Crippen molar-refractivity contribution in [3.8, 4) is 24.0 Å². The van der Waals surface area contributed by atoms with Gasteiger partial charge in [-0.1, -0.05) is 17.9 Å². The Morgan fingerprint density at radius 3 is 2.60 bits per heavy atom. The summed E-state index contributed by atoms with van der Waals surface area (Å²) in [5.74, 6) is 4.63. The van der Waals surface area contributed by atoms with Crippen molar-refractivity contribution in [2.45, 2.75) is 12.8 Å². The predicted octanol–water partition coefficient (Wildman–Crippen LogP) is 2.16. The van der Waals surface area contributed by atoms with Crippen LogP contribution in [0.2, 0.25) is 0 Å². The van der Waals surface area contributed by atoms with E-state index in [4.69, 9.17) is 10.5 Å². The van der Waals surface area contributed by atoms with Gasteiger partial charge in [-0.25, -0.2) is 4.39 Å². The molecule has 0 saturated carbocycles. The monoisotopic (exact) mass is 198 g/mol. The number of halogens is 1. The molecule has 0 spiro atoms. The Bertz CT molecular complexity index is 495. The van der Waals surface area contributed by atoms with Gasteiger partial charge >= 0.3 is 0 Å². The van der Waals surface area contributed by atoms with Crippen molar-refractivity contribution in [2.24, 2.45) is 0 Å². The fraction of sp³-hybridized carbons (Fsp3) is 0.167. The van der Waals surface area contributed by atoms with Crippen molar-refractivity contribution < 1.29 is 4.39 Å². The van der Waals surface area contributed by atoms with E-state index in [0.717, 1.165) is 0 Å². The van der Waals surface area contributed by atoms with E-state index in [9.17, 15) is 4.39 Å². The minimum absolute atomic E-state index is 0.0827. The number of nitrogens with zero attached hydrogens (tertiary/aromatic N) is 2. The molecule has 0 amide bonds. The Morgan fingerprint density at radius 1 is 1.20 bits per heavy atom.